The van der Waals surface area contributed by atoms with Gasteiger partial charge in [0.2, 0.25) is 5.89 Å². The minimum Gasteiger partial charge on any atom is -0.381 e. The highest BCUT2D eigenvalue weighted by atomic mass is 16.5. The van der Waals surface area contributed by atoms with Crippen molar-refractivity contribution in [1.82, 2.24) is 15.0 Å². The first-order valence-corrected chi connectivity index (χ1v) is 8.49. The largest absolute Gasteiger partial charge is 0.381 e. The van der Waals surface area contributed by atoms with Crippen LogP contribution in [0.3, 0.4) is 0 Å². The molecule has 0 spiro atoms. The molecule has 1 aromatic heterocycles. The van der Waals surface area contributed by atoms with Crippen molar-refractivity contribution in [2.75, 3.05) is 32.8 Å². The van der Waals surface area contributed by atoms with E-state index in [1.165, 1.54) is 51.7 Å². The number of aromatic nitrogens is 2. The molecule has 0 aromatic carbocycles. The van der Waals surface area contributed by atoms with Gasteiger partial charge in [0, 0.05) is 25.5 Å². The molecular weight excluding hydrogens is 266 g/mol. The van der Waals surface area contributed by atoms with Gasteiger partial charge in [0.25, 0.3) is 0 Å². The molecule has 4 rings (SSSR count). The Bertz CT molecular complexity index is 458. The molecule has 1 aliphatic carbocycles. The summed E-state index contributed by atoms with van der Waals surface area (Å²) in [4.78, 5) is 7.17. The number of hydrogen-bond acceptors (Lipinski definition) is 5. The molecule has 21 heavy (non-hydrogen) atoms. The SMILES string of the molecule is C1CC(CN2CCC(Cc3noc(C4CC4)n3)CC2)CO1. The summed E-state index contributed by atoms with van der Waals surface area (Å²) < 4.78 is 10.8. The van der Waals surface area contributed by atoms with Gasteiger partial charge in [-0.25, -0.2) is 0 Å². The van der Waals surface area contributed by atoms with E-state index in [0.29, 0.717) is 5.92 Å². The maximum absolute atomic E-state index is 5.47. The number of ether oxygens (including phenoxy) is 1. The Hall–Kier alpha value is -0.940. The lowest BCUT2D eigenvalue weighted by Crippen LogP contribution is -2.37. The zero-order valence-corrected chi connectivity index (χ0v) is 12.7. The van der Waals surface area contributed by atoms with Crippen LogP contribution >= 0.6 is 0 Å². The highest BCUT2D eigenvalue weighted by Gasteiger charge is 2.30. The Morgan fingerprint density at radius 1 is 1.05 bits per heavy atom. The van der Waals surface area contributed by atoms with Gasteiger partial charge in [0.15, 0.2) is 5.82 Å². The number of hydrogen-bond donors (Lipinski definition) is 0. The molecule has 5 nitrogen and oxygen atoms in total. The van der Waals surface area contributed by atoms with Gasteiger partial charge >= 0.3 is 0 Å². The molecule has 3 fully saturated rings. The van der Waals surface area contributed by atoms with Crippen molar-refractivity contribution in [3.8, 4) is 0 Å². The molecular formula is C16H25N3O2. The average Bonchev–Trinajstić information content (AvgIpc) is 3.03. The minimum absolute atomic E-state index is 0.571. The van der Waals surface area contributed by atoms with Crippen LogP contribution in [-0.2, 0) is 11.2 Å². The number of likely N-dealkylation sites (tertiary alicyclic amines) is 1. The smallest absolute Gasteiger partial charge is 0.229 e. The molecule has 116 valence electrons. The van der Waals surface area contributed by atoms with Gasteiger partial charge < -0.3 is 14.2 Å². The molecule has 1 aromatic rings. The molecule has 0 radical (unpaired) electrons. The van der Waals surface area contributed by atoms with Crippen LogP contribution in [0.25, 0.3) is 0 Å². The second-order valence-electron chi connectivity index (χ2n) is 7.00. The topological polar surface area (TPSA) is 51.4 Å². The lowest BCUT2D eigenvalue weighted by molar-refractivity contribution is 0.140. The second-order valence-corrected chi connectivity index (χ2v) is 7.00. The van der Waals surface area contributed by atoms with Crippen LogP contribution in [0.2, 0.25) is 0 Å². The number of nitrogens with zero attached hydrogens (tertiary/aromatic N) is 3. The van der Waals surface area contributed by atoms with Gasteiger partial charge in [-0.05, 0) is 57.0 Å². The van der Waals surface area contributed by atoms with E-state index in [4.69, 9.17) is 9.26 Å². The van der Waals surface area contributed by atoms with Gasteiger partial charge in [0.05, 0.1) is 6.61 Å². The van der Waals surface area contributed by atoms with Crippen molar-refractivity contribution < 1.29 is 9.26 Å². The van der Waals surface area contributed by atoms with Gasteiger partial charge in [-0.15, -0.1) is 0 Å². The summed E-state index contributed by atoms with van der Waals surface area (Å²) >= 11 is 0. The molecule has 1 saturated carbocycles. The molecule has 3 aliphatic rings. The lowest BCUT2D eigenvalue weighted by Gasteiger charge is -2.32. The highest BCUT2D eigenvalue weighted by molar-refractivity contribution is 5.02. The standard InChI is InChI=1S/C16H25N3O2/c1-2-14(1)16-17-15(18-21-16)9-12-3-6-19(7-4-12)10-13-5-8-20-11-13/h12-14H,1-11H2. The fraction of sp³-hybridized carbons (Fsp3) is 0.875. The van der Waals surface area contributed by atoms with Crippen molar-refractivity contribution in [3.05, 3.63) is 11.7 Å². The van der Waals surface area contributed by atoms with Crippen molar-refractivity contribution in [1.29, 1.82) is 0 Å². The van der Waals surface area contributed by atoms with E-state index in [-0.39, 0.29) is 0 Å². The molecule has 1 unspecified atom stereocenters. The quantitative estimate of drug-likeness (QED) is 0.832. The van der Waals surface area contributed by atoms with Crippen LogP contribution in [0.5, 0.6) is 0 Å². The Labute approximate surface area is 126 Å². The number of rotatable bonds is 5. The van der Waals surface area contributed by atoms with Crippen molar-refractivity contribution in [2.24, 2.45) is 11.8 Å². The van der Waals surface area contributed by atoms with Crippen molar-refractivity contribution >= 4 is 0 Å². The van der Waals surface area contributed by atoms with Crippen LogP contribution in [0, 0.1) is 11.8 Å². The summed E-state index contributed by atoms with van der Waals surface area (Å²) in [7, 11) is 0. The van der Waals surface area contributed by atoms with Crippen LogP contribution < -0.4 is 0 Å². The van der Waals surface area contributed by atoms with E-state index in [9.17, 15) is 0 Å². The average molecular weight is 291 g/mol. The minimum atomic E-state index is 0.571. The fourth-order valence-electron chi connectivity index (χ4n) is 3.57. The van der Waals surface area contributed by atoms with E-state index >= 15 is 0 Å². The van der Waals surface area contributed by atoms with E-state index in [1.807, 2.05) is 0 Å². The first-order valence-electron chi connectivity index (χ1n) is 8.49. The van der Waals surface area contributed by atoms with Crippen molar-refractivity contribution in [2.45, 2.75) is 44.4 Å². The Morgan fingerprint density at radius 3 is 2.62 bits per heavy atom. The van der Waals surface area contributed by atoms with Gasteiger partial charge in [0.1, 0.15) is 0 Å². The summed E-state index contributed by atoms with van der Waals surface area (Å²) in [6, 6.07) is 0. The molecule has 5 heteroatoms. The molecule has 2 saturated heterocycles. The molecule has 2 aliphatic heterocycles. The van der Waals surface area contributed by atoms with E-state index < -0.39 is 0 Å². The third-order valence-corrected chi connectivity index (χ3v) is 5.13. The van der Waals surface area contributed by atoms with Crippen LogP contribution in [0.15, 0.2) is 4.52 Å². The maximum Gasteiger partial charge on any atom is 0.229 e. The van der Waals surface area contributed by atoms with E-state index in [0.717, 1.165) is 43.2 Å². The van der Waals surface area contributed by atoms with Gasteiger partial charge in [-0.1, -0.05) is 5.16 Å². The third-order valence-electron chi connectivity index (χ3n) is 5.13. The van der Waals surface area contributed by atoms with E-state index in [2.05, 4.69) is 15.0 Å². The van der Waals surface area contributed by atoms with Gasteiger partial charge in [-0.2, -0.15) is 4.98 Å². The first kappa shape index (κ1) is 13.7. The number of piperidine rings is 1. The Kier molecular flexibility index (Phi) is 3.95. The monoisotopic (exact) mass is 291 g/mol. The summed E-state index contributed by atoms with van der Waals surface area (Å²) in [6.07, 6.45) is 7.22. The Balaban J connectivity index is 1.22. The van der Waals surface area contributed by atoms with Crippen molar-refractivity contribution in [3.63, 3.8) is 0 Å². The molecule has 1 atom stereocenters. The summed E-state index contributed by atoms with van der Waals surface area (Å²) in [5.41, 5.74) is 0. The predicted molar refractivity (Wildman–Crippen MR) is 78.1 cm³/mol. The van der Waals surface area contributed by atoms with Gasteiger partial charge in [-0.3, -0.25) is 0 Å². The van der Waals surface area contributed by atoms with Crippen LogP contribution in [0.1, 0.15) is 49.7 Å². The lowest BCUT2D eigenvalue weighted by atomic mass is 9.92. The first-order chi connectivity index (χ1) is 10.4. The summed E-state index contributed by atoms with van der Waals surface area (Å²) in [6.45, 7) is 5.58. The second kappa shape index (κ2) is 6.05. The third kappa shape index (κ3) is 3.46. The molecule has 3 heterocycles. The van der Waals surface area contributed by atoms with E-state index in [1.54, 1.807) is 0 Å². The molecule has 0 N–H and O–H groups in total. The summed E-state index contributed by atoms with van der Waals surface area (Å²) in [5, 5.41) is 4.16. The summed E-state index contributed by atoms with van der Waals surface area (Å²) in [5.74, 6) is 3.87. The maximum atomic E-state index is 5.47. The zero-order chi connectivity index (χ0) is 14.1. The zero-order valence-electron chi connectivity index (χ0n) is 12.7. The molecule has 0 bridgehead atoms. The fourth-order valence-corrected chi connectivity index (χ4v) is 3.57. The Morgan fingerprint density at radius 2 is 1.90 bits per heavy atom. The predicted octanol–water partition coefficient (Wildman–Crippen LogP) is 2.24. The normalized spacial score (nSPS) is 28.3. The highest BCUT2D eigenvalue weighted by Crippen LogP contribution is 2.39. The molecule has 0 amide bonds. The van der Waals surface area contributed by atoms with Crippen LogP contribution in [-0.4, -0.2) is 47.9 Å². The van der Waals surface area contributed by atoms with Crippen LogP contribution in [0.4, 0.5) is 0 Å².